The molecule has 0 saturated carbocycles. The minimum absolute atomic E-state index is 0.0483. The highest BCUT2D eigenvalue weighted by Gasteiger charge is 2.22. The summed E-state index contributed by atoms with van der Waals surface area (Å²) in [7, 11) is -0.613. The van der Waals surface area contributed by atoms with Crippen LogP contribution in [0.2, 0.25) is 0 Å². The van der Waals surface area contributed by atoms with Crippen molar-refractivity contribution in [1.29, 1.82) is 0 Å². The summed E-state index contributed by atoms with van der Waals surface area (Å²) in [6.45, 7) is 8.78. The van der Waals surface area contributed by atoms with Crippen LogP contribution in [0.25, 0.3) is 0 Å². The Morgan fingerprint density at radius 1 is 1.25 bits per heavy atom. The van der Waals surface area contributed by atoms with Crippen molar-refractivity contribution in [2.75, 3.05) is 39.5 Å². The average molecular weight is 248 g/mol. The van der Waals surface area contributed by atoms with E-state index in [0.717, 1.165) is 26.3 Å². The molecule has 16 heavy (non-hydrogen) atoms. The molecule has 0 amide bonds. The van der Waals surface area contributed by atoms with Gasteiger partial charge in [0.05, 0.1) is 13.2 Å². The molecule has 0 spiro atoms. The molecule has 0 aromatic rings. The molecule has 1 saturated heterocycles. The zero-order chi connectivity index (χ0) is 11.8. The normalized spacial score (nSPS) is 21.0. The van der Waals surface area contributed by atoms with Crippen LogP contribution in [-0.2, 0) is 14.2 Å². The van der Waals surface area contributed by atoms with Crippen LogP contribution in [0.5, 0.6) is 0 Å². The van der Waals surface area contributed by atoms with Crippen LogP contribution in [0.15, 0.2) is 0 Å². The van der Waals surface area contributed by atoms with E-state index < -0.39 is 9.52 Å². The van der Waals surface area contributed by atoms with Gasteiger partial charge in [-0.15, -0.1) is 0 Å². The van der Waals surface area contributed by atoms with E-state index in [4.69, 9.17) is 19.9 Å². The number of nitrogens with zero attached hydrogens (tertiary/aromatic N) is 1. The fourth-order valence-corrected chi connectivity index (χ4v) is 3.61. The molecule has 1 fully saturated rings. The third-order valence-corrected chi connectivity index (χ3v) is 4.51. The molecule has 1 aliphatic heterocycles. The summed E-state index contributed by atoms with van der Waals surface area (Å²) in [5.41, 5.74) is 6.18. The Morgan fingerprint density at radius 3 is 2.31 bits per heavy atom. The van der Waals surface area contributed by atoms with Crippen molar-refractivity contribution in [2.45, 2.75) is 25.5 Å². The van der Waals surface area contributed by atoms with E-state index in [0.29, 0.717) is 13.2 Å². The zero-order valence-electron chi connectivity index (χ0n) is 10.4. The molecular formula is C10H24N2O3Si. The van der Waals surface area contributed by atoms with Crippen LogP contribution in [-0.4, -0.2) is 65.6 Å². The first-order valence-corrected chi connectivity index (χ1v) is 7.71. The average Bonchev–Trinajstić information content (AvgIpc) is 2.31. The van der Waals surface area contributed by atoms with Gasteiger partial charge in [-0.3, -0.25) is 4.90 Å². The van der Waals surface area contributed by atoms with Gasteiger partial charge in [-0.1, -0.05) is 0 Å². The molecule has 6 heteroatoms. The Balaban J connectivity index is 2.30. The minimum atomic E-state index is -0.613. The molecule has 0 bridgehead atoms. The van der Waals surface area contributed by atoms with E-state index >= 15 is 0 Å². The Bertz CT molecular complexity index is 173. The molecular weight excluding hydrogens is 224 g/mol. The molecule has 0 aromatic heterocycles. The van der Waals surface area contributed by atoms with Gasteiger partial charge in [0.2, 0.25) is 0 Å². The molecule has 0 aromatic carbocycles. The highest BCUT2D eigenvalue weighted by Crippen LogP contribution is 2.02. The van der Waals surface area contributed by atoms with Crippen LogP contribution in [0, 0.1) is 0 Å². The number of morpholine rings is 1. The third-order valence-electron chi connectivity index (χ3n) is 2.65. The summed E-state index contributed by atoms with van der Waals surface area (Å²) < 4.78 is 16.4. The first-order chi connectivity index (χ1) is 7.77. The van der Waals surface area contributed by atoms with Crippen LogP contribution in [0.3, 0.4) is 0 Å². The molecule has 1 rings (SSSR count). The lowest BCUT2D eigenvalue weighted by molar-refractivity contribution is -0.0852. The van der Waals surface area contributed by atoms with Gasteiger partial charge in [-0.05, 0) is 13.8 Å². The van der Waals surface area contributed by atoms with Crippen LogP contribution < -0.4 is 5.73 Å². The fourth-order valence-electron chi connectivity index (χ4n) is 1.81. The van der Waals surface area contributed by atoms with Crippen molar-refractivity contribution in [3.05, 3.63) is 0 Å². The Labute approximate surface area is 100 Å². The van der Waals surface area contributed by atoms with Gasteiger partial charge < -0.3 is 19.9 Å². The van der Waals surface area contributed by atoms with E-state index in [9.17, 15) is 0 Å². The summed E-state index contributed by atoms with van der Waals surface area (Å²) in [6.07, 6.45) is 0. The first-order valence-electron chi connectivity index (χ1n) is 6.08. The zero-order valence-corrected chi connectivity index (χ0v) is 11.8. The van der Waals surface area contributed by atoms with E-state index in [1.165, 1.54) is 0 Å². The monoisotopic (exact) mass is 248 g/mol. The van der Waals surface area contributed by atoms with Gasteiger partial charge in [0, 0.05) is 32.1 Å². The Morgan fingerprint density at radius 2 is 1.81 bits per heavy atom. The number of rotatable bonds is 7. The molecule has 1 unspecified atom stereocenters. The lowest BCUT2D eigenvalue weighted by atomic mass is 10.4. The second-order valence-electron chi connectivity index (χ2n) is 3.79. The largest absolute Gasteiger partial charge is 0.379 e. The number of hydrogen-bond donors (Lipinski definition) is 1. The van der Waals surface area contributed by atoms with Crippen molar-refractivity contribution in [3.63, 3.8) is 0 Å². The predicted octanol–water partition coefficient (Wildman–Crippen LogP) is -0.914. The van der Waals surface area contributed by atoms with Gasteiger partial charge in [0.25, 0.3) is 0 Å². The van der Waals surface area contributed by atoms with Crippen molar-refractivity contribution in [2.24, 2.45) is 5.73 Å². The van der Waals surface area contributed by atoms with E-state index in [2.05, 4.69) is 4.90 Å². The highest BCUT2D eigenvalue weighted by atomic mass is 28.2. The molecule has 0 radical (unpaired) electrons. The predicted molar refractivity (Wildman–Crippen MR) is 66.0 cm³/mol. The van der Waals surface area contributed by atoms with Gasteiger partial charge in [-0.25, -0.2) is 0 Å². The van der Waals surface area contributed by atoms with Crippen LogP contribution in [0.4, 0.5) is 0 Å². The maximum Gasteiger partial charge on any atom is 0.138 e. The third kappa shape index (κ3) is 4.90. The summed E-state index contributed by atoms with van der Waals surface area (Å²) >= 11 is 0. The van der Waals surface area contributed by atoms with E-state index in [1.54, 1.807) is 0 Å². The minimum Gasteiger partial charge on any atom is -0.379 e. The summed E-state index contributed by atoms with van der Waals surface area (Å²) in [5, 5.41) is 0. The lowest BCUT2D eigenvalue weighted by Crippen LogP contribution is -2.54. The topological polar surface area (TPSA) is 57.0 Å². The maximum absolute atomic E-state index is 6.18. The van der Waals surface area contributed by atoms with Crippen molar-refractivity contribution >= 4 is 9.52 Å². The molecule has 1 aliphatic rings. The van der Waals surface area contributed by atoms with Crippen LogP contribution >= 0.6 is 0 Å². The molecule has 96 valence electrons. The Hall–Kier alpha value is 0.0169. The number of hydrogen-bond acceptors (Lipinski definition) is 5. The van der Waals surface area contributed by atoms with E-state index in [-0.39, 0.29) is 11.7 Å². The van der Waals surface area contributed by atoms with Gasteiger partial charge >= 0.3 is 0 Å². The molecule has 1 atom stereocenters. The molecule has 1 heterocycles. The fraction of sp³-hybridized carbons (Fsp3) is 1.00. The second kappa shape index (κ2) is 8.16. The smallest absolute Gasteiger partial charge is 0.138 e. The molecule has 2 N–H and O–H groups in total. The summed E-state index contributed by atoms with van der Waals surface area (Å²) in [5.74, 6) is 0.0832. The Kier molecular flexibility index (Phi) is 7.18. The van der Waals surface area contributed by atoms with Crippen molar-refractivity contribution in [3.8, 4) is 0 Å². The standard InChI is InChI=1S/C10H24N2O3Si/c1-3-14-10(15-4-2)16-9(11)12-5-7-13-8-6-12/h9-10H,3-8,11,16H2,1-2H3. The highest BCUT2D eigenvalue weighted by molar-refractivity contribution is 6.38. The summed E-state index contributed by atoms with van der Waals surface area (Å²) in [4.78, 5) is 2.28. The second-order valence-corrected chi connectivity index (χ2v) is 5.77. The lowest BCUT2D eigenvalue weighted by Gasteiger charge is -2.33. The summed E-state index contributed by atoms with van der Waals surface area (Å²) in [6, 6.07) is 0. The van der Waals surface area contributed by atoms with Gasteiger partial charge in [0.1, 0.15) is 15.4 Å². The van der Waals surface area contributed by atoms with E-state index in [1.807, 2.05) is 13.8 Å². The molecule has 5 nitrogen and oxygen atoms in total. The van der Waals surface area contributed by atoms with Crippen molar-refractivity contribution < 1.29 is 14.2 Å². The number of ether oxygens (including phenoxy) is 3. The number of nitrogens with two attached hydrogens (primary N) is 1. The quantitative estimate of drug-likeness (QED) is 0.467. The SMILES string of the molecule is CCOC(OCC)[SiH2]C(N)N1CCOCC1. The van der Waals surface area contributed by atoms with Gasteiger partial charge in [0.15, 0.2) is 0 Å². The molecule has 0 aliphatic carbocycles. The van der Waals surface area contributed by atoms with Gasteiger partial charge in [-0.2, -0.15) is 0 Å². The first kappa shape index (κ1) is 14.1. The van der Waals surface area contributed by atoms with Crippen LogP contribution in [0.1, 0.15) is 13.8 Å². The maximum atomic E-state index is 6.18. The van der Waals surface area contributed by atoms with Crippen molar-refractivity contribution in [1.82, 2.24) is 4.90 Å².